The van der Waals surface area contributed by atoms with E-state index in [0.717, 1.165) is 25.2 Å². The fraction of sp³-hybridized carbons (Fsp3) is 0.250. The van der Waals surface area contributed by atoms with Gasteiger partial charge in [-0.2, -0.15) is 0 Å². The molecule has 4 rings (SSSR count). The van der Waals surface area contributed by atoms with Crippen LogP contribution in [0.3, 0.4) is 0 Å². The van der Waals surface area contributed by atoms with Crippen LogP contribution in [0.1, 0.15) is 22.7 Å². The third-order valence-electron chi connectivity index (χ3n) is 4.82. The molecule has 0 saturated heterocycles. The summed E-state index contributed by atoms with van der Waals surface area (Å²) in [7, 11) is 0. The van der Waals surface area contributed by atoms with Crippen molar-refractivity contribution in [3.63, 3.8) is 0 Å². The van der Waals surface area contributed by atoms with Gasteiger partial charge < -0.3 is 9.67 Å². The largest absolute Gasteiger partial charge is 0.394 e. The average Bonchev–Trinajstić information content (AvgIpc) is 3.17. The van der Waals surface area contributed by atoms with E-state index in [1.807, 2.05) is 10.8 Å². The molecule has 24 heavy (non-hydrogen) atoms. The van der Waals surface area contributed by atoms with Crippen LogP contribution in [0.25, 0.3) is 5.69 Å². The van der Waals surface area contributed by atoms with Crippen molar-refractivity contribution in [2.75, 3.05) is 13.2 Å². The highest BCUT2D eigenvalue weighted by atomic mass is 16.3. The van der Waals surface area contributed by atoms with E-state index in [-0.39, 0.29) is 12.6 Å². The van der Waals surface area contributed by atoms with E-state index in [0.29, 0.717) is 0 Å². The first-order valence-corrected chi connectivity index (χ1v) is 8.35. The molecular weight excluding hydrogens is 298 g/mol. The minimum atomic E-state index is 0.0864. The highest BCUT2D eigenvalue weighted by molar-refractivity contribution is 5.36. The summed E-state index contributed by atoms with van der Waals surface area (Å²) in [4.78, 5) is 6.45. The van der Waals surface area contributed by atoms with Gasteiger partial charge in [-0.25, -0.2) is 4.98 Å². The van der Waals surface area contributed by atoms with Crippen molar-refractivity contribution in [3.8, 4) is 5.69 Å². The van der Waals surface area contributed by atoms with E-state index in [9.17, 15) is 5.11 Å². The molecule has 4 nitrogen and oxygen atoms in total. The zero-order valence-electron chi connectivity index (χ0n) is 13.5. The lowest BCUT2D eigenvalue weighted by molar-refractivity contribution is 0.108. The topological polar surface area (TPSA) is 41.3 Å². The number of aliphatic hydroxyl groups is 1. The standard InChI is InChI=1S/C20H21N3O/c24-14-20-19-4-2-1-3-17(19)9-11-22(20)13-16-5-7-18(8-6-16)23-12-10-21-15-23/h1-8,10,12,15,20,24H,9,11,13-14H2. The summed E-state index contributed by atoms with van der Waals surface area (Å²) in [6.07, 6.45) is 6.57. The van der Waals surface area contributed by atoms with Crippen molar-refractivity contribution < 1.29 is 5.11 Å². The predicted octanol–water partition coefficient (Wildman–Crippen LogP) is 2.96. The van der Waals surface area contributed by atoms with E-state index < -0.39 is 0 Å². The molecule has 122 valence electrons. The quantitative estimate of drug-likeness (QED) is 0.804. The molecule has 2 heterocycles. The lowest BCUT2D eigenvalue weighted by Crippen LogP contribution is -2.36. The molecule has 1 aliphatic heterocycles. The van der Waals surface area contributed by atoms with Gasteiger partial charge in [0.25, 0.3) is 0 Å². The van der Waals surface area contributed by atoms with Crippen LogP contribution in [-0.4, -0.2) is 32.7 Å². The van der Waals surface area contributed by atoms with Gasteiger partial charge in [0, 0.05) is 31.2 Å². The molecule has 0 amide bonds. The Kier molecular flexibility index (Phi) is 4.15. The molecule has 1 N–H and O–H groups in total. The summed E-state index contributed by atoms with van der Waals surface area (Å²) >= 11 is 0. The number of rotatable bonds is 4. The Morgan fingerprint density at radius 3 is 2.67 bits per heavy atom. The Hall–Kier alpha value is -2.43. The Morgan fingerprint density at radius 2 is 1.92 bits per heavy atom. The van der Waals surface area contributed by atoms with Crippen molar-refractivity contribution >= 4 is 0 Å². The van der Waals surface area contributed by atoms with Gasteiger partial charge >= 0.3 is 0 Å². The van der Waals surface area contributed by atoms with Crippen LogP contribution in [0.4, 0.5) is 0 Å². The van der Waals surface area contributed by atoms with Crippen LogP contribution in [-0.2, 0) is 13.0 Å². The molecule has 0 saturated carbocycles. The fourth-order valence-corrected chi connectivity index (χ4v) is 3.53. The second-order valence-electron chi connectivity index (χ2n) is 6.25. The smallest absolute Gasteiger partial charge is 0.0991 e. The van der Waals surface area contributed by atoms with Gasteiger partial charge in [-0.3, -0.25) is 4.90 Å². The van der Waals surface area contributed by atoms with Crippen molar-refractivity contribution in [2.24, 2.45) is 0 Å². The van der Waals surface area contributed by atoms with Gasteiger partial charge in [0.1, 0.15) is 0 Å². The van der Waals surface area contributed by atoms with Crippen molar-refractivity contribution in [3.05, 3.63) is 83.9 Å². The molecule has 3 aromatic rings. The van der Waals surface area contributed by atoms with Crippen molar-refractivity contribution in [2.45, 2.75) is 19.0 Å². The maximum absolute atomic E-state index is 9.90. The van der Waals surface area contributed by atoms with Crippen LogP contribution in [0, 0.1) is 0 Å². The minimum Gasteiger partial charge on any atom is -0.394 e. The Balaban J connectivity index is 1.53. The van der Waals surface area contributed by atoms with E-state index in [2.05, 4.69) is 58.4 Å². The van der Waals surface area contributed by atoms with Crippen molar-refractivity contribution in [1.82, 2.24) is 14.5 Å². The number of benzene rings is 2. The first-order valence-electron chi connectivity index (χ1n) is 8.35. The molecule has 0 spiro atoms. The van der Waals surface area contributed by atoms with Crippen LogP contribution < -0.4 is 0 Å². The molecule has 4 heteroatoms. The Bertz CT molecular complexity index is 796. The van der Waals surface area contributed by atoms with Gasteiger partial charge in [0.15, 0.2) is 0 Å². The number of hydrogen-bond acceptors (Lipinski definition) is 3. The van der Waals surface area contributed by atoms with Gasteiger partial charge in [-0.15, -0.1) is 0 Å². The van der Waals surface area contributed by atoms with Gasteiger partial charge in [-0.1, -0.05) is 36.4 Å². The summed E-state index contributed by atoms with van der Waals surface area (Å²) in [5.74, 6) is 0. The van der Waals surface area contributed by atoms with Crippen LogP contribution in [0.2, 0.25) is 0 Å². The Labute approximate surface area is 142 Å². The molecule has 1 aliphatic rings. The molecule has 0 bridgehead atoms. The number of aliphatic hydroxyl groups excluding tert-OH is 1. The van der Waals surface area contributed by atoms with Gasteiger partial charge in [0.05, 0.1) is 19.0 Å². The number of imidazole rings is 1. The molecular formula is C20H21N3O. The van der Waals surface area contributed by atoms with Crippen LogP contribution in [0.5, 0.6) is 0 Å². The lowest BCUT2D eigenvalue weighted by Gasteiger charge is -2.36. The summed E-state index contributed by atoms with van der Waals surface area (Å²) in [5.41, 5.74) is 5.00. The molecule has 1 aromatic heterocycles. The summed E-state index contributed by atoms with van der Waals surface area (Å²) in [5, 5.41) is 9.90. The summed E-state index contributed by atoms with van der Waals surface area (Å²) < 4.78 is 2.00. The summed E-state index contributed by atoms with van der Waals surface area (Å²) in [6, 6.07) is 17.1. The first kappa shape index (κ1) is 15.1. The normalized spacial score (nSPS) is 17.6. The molecule has 0 aliphatic carbocycles. The van der Waals surface area contributed by atoms with E-state index in [1.165, 1.54) is 16.7 Å². The molecule has 1 atom stereocenters. The monoisotopic (exact) mass is 319 g/mol. The van der Waals surface area contributed by atoms with E-state index in [1.54, 1.807) is 12.5 Å². The van der Waals surface area contributed by atoms with E-state index in [4.69, 9.17) is 0 Å². The number of nitrogens with zero attached hydrogens (tertiary/aromatic N) is 3. The number of hydrogen-bond donors (Lipinski definition) is 1. The molecule has 0 radical (unpaired) electrons. The minimum absolute atomic E-state index is 0.0864. The highest BCUT2D eigenvalue weighted by Crippen LogP contribution is 2.30. The SMILES string of the molecule is OCC1c2ccccc2CCN1Cc1ccc(-n2ccnc2)cc1. The third-order valence-corrected chi connectivity index (χ3v) is 4.82. The molecule has 0 fully saturated rings. The third kappa shape index (κ3) is 2.86. The second-order valence-corrected chi connectivity index (χ2v) is 6.25. The van der Waals surface area contributed by atoms with E-state index >= 15 is 0 Å². The van der Waals surface area contributed by atoms with Gasteiger partial charge in [0.2, 0.25) is 0 Å². The van der Waals surface area contributed by atoms with Crippen LogP contribution >= 0.6 is 0 Å². The highest BCUT2D eigenvalue weighted by Gasteiger charge is 2.26. The van der Waals surface area contributed by atoms with Gasteiger partial charge in [-0.05, 0) is 35.2 Å². The number of aromatic nitrogens is 2. The summed E-state index contributed by atoms with van der Waals surface area (Å²) in [6.45, 7) is 1.99. The maximum atomic E-state index is 9.90. The Morgan fingerprint density at radius 1 is 1.08 bits per heavy atom. The number of fused-ring (bicyclic) bond motifs is 1. The van der Waals surface area contributed by atoms with Crippen LogP contribution in [0.15, 0.2) is 67.3 Å². The second kappa shape index (κ2) is 6.59. The molecule has 1 unspecified atom stereocenters. The molecule has 2 aromatic carbocycles. The van der Waals surface area contributed by atoms with Crippen molar-refractivity contribution in [1.29, 1.82) is 0 Å². The fourth-order valence-electron chi connectivity index (χ4n) is 3.53. The zero-order chi connectivity index (χ0) is 16.4. The zero-order valence-corrected chi connectivity index (χ0v) is 13.5. The predicted molar refractivity (Wildman–Crippen MR) is 93.9 cm³/mol. The lowest BCUT2D eigenvalue weighted by atomic mass is 9.92. The first-order chi connectivity index (χ1) is 11.8. The average molecular weight is 319 g/mol. The maximum Gasteiger partial charge on any atom is 0.0991 e.